The lowest BCUT2D eigenvalue weighted by Gasteiger charge is -2.38. The van der Waals surface area contributed by atoms with Gasteiger partial charge in [0.25, 0.3) is 0 Å². The molecule has 0 aromatic heterocycles. The predicted molar refractivity (Wildman–Crippen MR) is 81.3 cm³/mol. The van der Waals surface area contributed by atoms with Crippen molar-refractivity contribution in [2.75, 3.05) is 33.2 Å². The maximum atomic E-state index is 6.29. The number of likely N-dealkylation sites (N-methyl/N-ethyl adjacent to an activating group) is 1. The minimum absolute atomic E-state index is 0.163. The minimum atomic E-state index is 0.163. The van der Waals surface area contributed by atoms with Crippen molar-refractivity contribution in [2.24, 2.45) is 5.73 Å². The highest BCUT2D eigenvalue weighted by Gasteiger charge is 2.20. The number of piperazine rings is 1. The molecule has 3 heteroatoms. The first-order valence-electron chi connectivity index (χ1n) is 7.31. The van der Waals surface area contributed by atoms with Gasteiger partial charge in [0, 0.05) is 38.3 Å². The first kappa shape index (κ1) is 14.5. The summed E-state index contributed by atoms with van der Waals surface area (Å²) in [5, 5.41) is 0. The number of rotatable bonds is 4. The van der Waals surface area contributed by atoms with E-state index in [1.807, 2.05) is 0 Å². The molecule has 1 aliphatic rings. The summed E-state index contributed by atoms with van der Waals surface area (Å²) in [5.41, 5.74) is 8.84. The Morgan fingerprint density at radius 1 is 1.26 bits per heavy atom. The zero-order chi connectivity index (χ0) is 13.8. The lowest BCUT2D eigenvalue weighted by molar-refractivity contribution is 0.103. The van der Waals surface area contributed by atoms with Gasteiger partial charge in [-0.05, 0) is 32.9 Å². The van der Waals surface area contributed by atoms with E-state index in [1.54, 1.807) is 0 Å². The normalized spacial score (nSPS) is 23.5. The Hall–Kier alpha value is -0.900. The van der Waals surface area contributed by atoms with Gasteiger partial charge in [-0.2, -0.15) is 0 Å². The van der Waals surface area contributed by atoms with E-state index in [9.17, 15) is 0 Å². The fourth-order valence-electron chi connectivity index (χ4n) is 2.63. The molecule has 1 heterocycles. The highest BCUT2D eigenvalue weighted by atomic mass is 15.3. The summed E-state index contributed by atoms with van der Waals surface area (Å²) in [7, 11) is 2.21. The molecule has 1 aromatic carbocycles. The molecule has 0 radical (unpaired) electrons. The summed E-state index contributed by atoms with van der Waals surface area (Å²) >= 11 is 0. The summed E-state index contributed by atoms with van der Waals surface area (Å²) in [5.74, 6) is 0. The van der Waals surface area contributed by atoms with Crippen molar-refractivity contribution in [3.05, 3.63) is 35.4 Å². The molecule has 0 spiro atoms. The lowest BCUT2D eigenvalue weighted by Crippen LogP contribution is -2.50. The third-order valence-corrected chi connectivity index (χ3v) is 4.31. The van der Waals surface area contributed by atoms with Crippen LogP contribution in [0.4, 0.5) is 0 Å². The molecular weight excluding hydrogens is 234 g/mol. The van der Waals surface area contributed by atoms with Crippen LogP contribution in [0.15, 0.2) is 24.3 Å². The van der Waals surface area contributed by atoms with Crippen molar-refractivity contribution in [3.63, 3.8) is 0 Å². The van der Waals surface area contributed by atoms with Gasteiger partial charge in [-0.3, -0.25) is 0 Å². The van der Waals surface area contributed by atoms with Crippen LogP contribution in [-0.4, -0.2) is 49.1 Å². The van der Waals surface area contributed by atoms with Crippen LogP contribution in [-0.2, 0) is 0 Å². The lowest BCUT2D eigenvalue weighted by atomic mass is 10.0. The molecule has 1 aliphatic heterocycles. The largest absolute Gasteiger partial charge is 0.324 e. The van der Waals surface area contributed by atoms with Crippen LogP contribution in [0.2, 0.25) is 0 Å². The Balaban J connectivity index is 1.80. The molecule has 2 atom stereocenters. The number of aryl methyl sites for hydroxylation is 1. The monoisotopic (exact) mass is 261 g/mol. The molecule has 19 heavy (non-hydrogen) atoms. The van der Waals surface area contributed by atoms with E-state index in [4.69, 9.17) is 5.73 Å². The number of nitrogens with zero attached hydrogens (tertiary/aromatic N) is 2. The van der Waals surface area contributed by atoms with Crippen LogP contribution in [0.1, 0.15) is 30.5 Å². The van der Waals surface area contributed by atoms with Crippen molar-refractivity contribution in [1.82, 2.24) is 9.80 Å². The summed E-state index contributed by atoms with van der Waals surface area (Å²) < 4.78 is 0. The average Bonchev–Trinajstić information content (AvgIpc) is 2.40. The van der Waals surface area contributed by atoms with Gasteiger partial charge >= 0.3 is 0 Å². The Morgan fingerprint density at radius 2 is 1.95 bits per heavy atom. The van der Waals surface area contributed by atoms with E-state index >= 15 is 0 Å². The average molecular weight is 261 g/mol. The highest BCUT2D eigenvalue weighted by molar-refractivity contribution is 5.23. The molecule has 1 aromatic rings. The van der Waals surface area contributed by atoms with Crippen molar-refractivity contribution in [2.45, 2.75) is 32.4 Å². The van der Waals surface area contributed by atoms with Crippen molar-refractivity contribution in [3.8, 4) is 0 Å². The van der Waals surface area contributed by atoms with Gasteiger partial charge in [-0.15, -0.1) is 0 Å². The molecule has 106 valence electrons. The van der Waals surface area contributed by atoms with E-state index in [1.165, 1.54) is 24.2 Å². The molecule has 3 nitrogen and oxygen atoms in total. The van der Waals surface area contributed by atoms with Crippen LogP contribution >= 0.6 is 0 Å². The maximum absolute atomic E-state index is 6.29. The van der Waals surface area contributed by atoms with Gasteiger partial charge in [-0.1, -0.05) is 29.8 Å². The van der Waals surface area contributed by atoms with Gasteiger partial charge in [0.15, 0.2) is 0 Å². The fourth-order valence-corrected chi connectivity index (χ4v) is 2.63. The zero-order valence-corrected chi connectivity index (χ0v) is 12.5. The maximum Gasteiger partial charge on any atom is 0.0307 e. The Labute approximate surface area is 117 Å². The molecular formula is C16H27N3. The number of nitrogens with two attached hydrogens (primary N) is 1. The quantitative estimate of drug-likeness (QED) is 0.900. The van der Waals surface area contributed by atoms with Crippen LogP contribution in [0.3, 0.4) is 0 Å². The molecule has 2 rings (SSSR count). The Kier molecular flexibility index (Phi) is 4.97. The molecule has 0 aliphatic carbocycles. The van der Waals surface area contributed by atoms with E-state index in [0.717, 1.165) is 19.5 Å². The minimum Gasteiger partial charge on any atom is -0.324 e. The van der Waals surface area contributed by atoms with Gasteiger partial charge in [0.05, 0.1) is 0 Å². The van der Waals surface area contributed by atoms with Crippen LogP contribution in [0, 0.1) is 6.92 Å². The zero-order valence-electron chi connectivity index (χ0n) is 12.5. The summed E-state index contributed by atoms with van der Waals surface area (Å²) in [6, 6.07) is 9.43. The van der Waals surface area contributed by atoms with Crippen LogP contribution in [0.25, 0.3) is 0 Å². The van der Waals surface area contributed by atoms with Gasteiger partial charge in [-0.25, -0.2) is 0 Å². The smallest absolute Gasteiger partial charge is 0.0307 e. The van der Waals surface area contributed by atoms with Gasteiger partial charge in [0.1, 0.15) is 0 Å². The van der Waals surface area contributed by atoms with Crippen molar-refractivity contribution in [1.29, 1.82) is 0 Å². The van der Waals surface area contributed by atoms with E-state index in [0.29, 0.717) is 6.04 Å². The molecule has 0 bridgehead atoms. The molecule has 0 amide bonds. The first-order chi connectivity index (χ1) is 9.06. The third-order valence-electron chi connectivity index (χ3n) is 4.31. The second kappa shape index (κ2) is 6.51. The molecule has 0 saturated carbocycles. The molecule has 2 N–H and O–H groups in total. The van der Waals surface area contributed by atoms with Crippen molar-refractivity contribution >= 4 is 0 Å². The second-order valence-corrected chi connectivity index (χ2v) is 5.94. The Bertz CT molecular complexity index is 387. The van der Waals surface area contributed by atoms with Crippen LogP contribution in [0.5, 0.6) is 0 Å². The number of benzene rings is 1. The van der Waals surface area contributed by atoms with E-state index in [2.05, 4.69) is 55.0 Å². The number of hydrogen-bond donors (Lipinski definition) is 1. The van der Waals surface area contributed by atoms with Gasteiger partial charge < -0.3 is 15.5 Å². The summed E-state index contributed by atoms with van der Waals surface area (Å²) in [6.07, 6.45) is 1.04. The molecule has 1 fully saturated rings. The predicted octanol–water partition coefficient (Wildman–Crippen LogP) is 2.02. The van der Waals surface area contributed by atoms with E-state index in [-0.39, 0.29) is 6.04 Å². The van der Waals surface area contributed by atoms with Gasteiger partial charge in [0.2, 0.25) is 0 Å². The second-order valence-electron chi connectivity index (χ2n) is 5.94. The topological polar surface area (TPSA) is 32.5 Å². The first-order valence-corrected chi connectivity index (χ1v) is 7.31. The summed E-state index contributed by atoms with van der Waals surface area (Å²) in [4.78, 5) is 4.97. The molecule has 1 saturated heterocycles. The van der Waals surface area contributed by atoms with Crippen molar-refractivity contribution < 1.29 is 0 Å². The standard InChI is InChI=1S/C16H27N3/c1-13-4-6-15(7-5-13)16(17)8-9-19-11-10-18(3)14(2)12-19/h4-7,14,16H,8-12,17H2,1-3H3. The SMILES string of the molecule is Cc1ccc(C(N)CCN2CCN(C)C(C)C2)cc1. The molecule has 2 unspecified atom stereocenters. The van der Waals surface area contributed by atoms with E-state index < -0.39 is 0 Å². The summed E-state index contributed by atoms with van der Waals surface area (Å²) in [6.45, 7) is 9.01. The number of hydrogen-bond acceptors (Lipinski definition) is 3. The Morgan fingerprint density at radius 3 is 2.58 bits per heavy atom. The third kappa shape index (κ3) is 4.03. The highest BCUT2D eigenvalue weighted by Crippen LogP contribution is 2.16. The fraction of sp³-hybridized carbons (Fsp3) is 0.625. The van der Waals surface area contributed by atoms with Crippen LogP contribution < -0.4 is 5.73 Å².